The molecule has 6 nitrogen and oxygen atoms in total. The SMILES string of the molecule is CCOC(=O)C=CC(=O)OC(C)C(=O)O[Si](CC)(CC)CC. The molecule has 0 aliphatic heterocycles. The van der Waals surface area contributed by atoms with E-state index in [1.165, 1.54) is 6.92 Å². The lowest BCUT2D eigenvalue weighted by Crippen LogP contribution is -2.41. The van der Waals surface area contributed by atoms with Crippen LogP contribution in [-0.4, -0.2) is 38.9 Å². The van der Waals surface area contributed by atoms with E-state index in [1.807, 2.05) is 20.8 Å². The van der Waals surface area contributed by atoms with Gasteiger partial charge in [0.05, 0.1) is 6.61 Å². The zero-order chi connectivity index (χ0) is 17.2. The van der Waals surface area contributed by atoms with Crippen molar-refractivity contribution in [3.63, 3.8) is 0 Å². The maximum Gasteiger partial charge on any atom is 0.333 e. The zero-order valence-electron chi connectivity index (χ0n) is 14.0. The first-order valence-electron chi connectivity index (χ1n) is 7.62. The Hall–Kier alpha value is -1.63. The molecule has 0 saturated heterocycles. The number of ether oxygens (including phenoxy) is 2. The molecule has 0 saturated carbocycles. The van der Waals surface area contributed by atoms with Gasteiger partial charge in [-0.1, -0.05) is 20.8 Å². The lowest BCUT2D eigenvalue weighted by Gasteiger charge is -2.28. The molecule has 0 spiro atoms. The van der Waals surface area contributed by atoms with Crippen molar-refractivity contribution < 1.29 is 28.3 Å². The first-order chi connectivity index (χ1) is 10.3. The Balaban J connectivity index is 4.53. The highest BCUT2D eigenvalue weighted by molar-refractivity contribution is 6.75. The summed E-state index contributed by atoms with van der Waals surface area (Å²) in [6, 6.07) is 2.49. The molecule has 1 unspecified atom stereocenters. The molecule has 0 amide bonds. The van der Waals surface area contributed by atoms with Crippen molar-refractivity contribution in [2.45, 2.75) is 58.9 Å². The van der Waals surface area contributed by atoms with Gasteiger partial charge in [0.1, 0.15) is 0 Å². The van der Waals surface area contributed by atoms with Crippen LogP contribution >= 0.6 is 0 Å². The van der Waals surface area contributed by atoms with E-state index in [0.717, 1.165) is 30.3 Å². The van der Waals surface area contributed by atoms with Crippen molar-refractivity contribution in [3.8, 4) is 0 Å². The van der Waals surface area contributed by atoms with Gasteiger partial charge in [0.15, 0.2) is 6.10 Å². The number of carbonyl (C=O) groups is 3. The topological polar surface area (TPSA) is 78.9 Å². The fourth-order valence-electron chi connectivity index (χ4n) is 1.85. The highest BCUT2D eigenvalue weighted by Crippen LogP contribution is 2.22. The molecule has 0 aromatic carbocycles. The van der Waals surface area contributed by atoms with Crippen LogP contribution in [0.2, 0.25) is 18.1 Å². The number of esters is 2. The van der Waals surface area contributed by atoms with Gasteiger partial charge in [0, 0.05) is 12.2 Å². The minimum absolute atomic E-state index is 0.221. The first-order valence-corrected chi connectivity index (χ1v) is 10.1. The van der Waals surface area contributed by atoms with E-state index < -0.39 is 32.3 Å². The van der Waals surface area contributed by atoms with Crippen LogP contribution in [-0.2, 0) is 28.3 Å². The second-order valence-electron chi connectivity index (χ2n) is 4.83. The Morgan fingerprint density at radius 3 is 1.91 bits per heavy atom. The fourth-order valence-corrected chi connectivity index (χ4v) is 4.38. The van der Waals surface area contributed by atoms with Gasteiger partial charge < -0.3 is 13.9 Å². The van der Waals surface area contributed by atoms with E-state index in [1.54, 1.807) is 6.92 Å². The van der Waals surface area contributed by atoms with Crippen molar-refractivity contribution in [2.75, 3.05) is 6.61 Å². The molecule has 1 atom stereocenters. The van der Waals surface area contributed by atoms with Gasteiger partial charge in [-0.3, -0.25) is 0 Å². The van der Waals surface area contributed by atoms with Crippen LogP contribution < -0.4 is 0 Å². The summed E-state index contributed by atoms with van der Waals surface area (Å²) in [4.78, 5) is 34.6. The van der Waals surface area contributed by atoms with E-state index in [9.17, 15) is 14.4 Å². The Bertz CT molecular complexity index is 406. The van der Waals surface area contributed by atoms with E-state index in [2.05, 4.69) is 4.74 Å². The summed E-state index contributed by atoms with van der Waals surface area (Å²) in [5.74, 6) is -1.95. The summed E-state index contributed by atoms with van der Waals surface area (Å²) in [5.41, 5.74) is 0. The average molecular weight is 330 g/mol. The predicted molar refractivity (Wildman–Crippen MR) is 84.6 cm³/mol. The lowest BCUT2D eigenvalue weighted by atomic mass is 10.4. The van der Waals surface area contributed by atoms with Crippen molar-refractivity contribution in [3.05, 3.63) is 12.2 Å². The summed E-state index contributed by atoms with van der Waals surface area (Å²) < 4.78 is 15.2. The highest BCUT2D eigenvalue weighted by atomic mass is 28.4. The first kappa shape index (κ1) is 20.4. The summed E-state index contributed by atoms with van der Waals surface area (Å²) in [5, 5.41) is 0. The predicted octanol–water partition coefficient (Wildman–Crippen LogP) is 2.59. The molecule has 0 N–H and O–H groups in total. The quantitative estimate of drug-likeness (QED) is 0.367. The Morgan fingerprint density at radius 2 is 1.45 bits per heavy atom. The normalized spacial score (nSPS) is 12.8. The standard InChI is InChI=1S/C15H26O6Si/c1-6-19-13(16)10-11-14(17)20-12(5)15(18)21-22(7-2,8-3)9-4/h10-12H,6-9H2,1-5H3. The summed E-state index contributed by atoms with van der Waals surface area (Å²) in [7, 11) is -2.07. The van der Waals surface area contributed by atoms with E-state index in [-0.39, 0.29) is 6.61 Å². The molecule has 0 aliphatic carbocycles. The molecule has 0 aliphatic rings. The van der Waals surface area contributed by atoms with E-state index >= 15 is 0 Å². The van der Waals surface area contributed by atoms with Gasteiger partial charge in [-0.15, -0.1) is 0 Å². The highest BCUT2D eigenvalue weighted by Gasteiger charge is 2.35. The van der Waals surface area contributed by atoms with E-state index in [0.29, 0.717) is 0 Å². The third-order valence-corrected chi connectivity index (χ3v) is 8.02. The lowest BCUT2D eigenvalue weighted by molar-refractivity contribution is -0.158. The van der Waals surface area contributed by atoms with Crippen molar-refractivity contribution in [1.82, 2.24) is 0 Å². The Labute approximate surface area is 132 Å². The van der Waals surface area contributed by atoms with Crippen molar-refractivity contribution in [2.24, 2.45) is 0 Å². The minimum atomic E-state index is -2.07. The second-order valence-corrected chi connectivity index (χ2v) is 9.52. The molecular weight excluding hydrogens is 304 g/mol. The van der Waals surface area contributed by atoms with Crippen LogP contribution in [0.5, 0.6) is 0 Å². The van der Waals surface area contributed by atoms with Gasteiger partial charge in [0.25, 0.3) is 8.32 Å². The monoisotopic (exact) mass is 330 g/mol. The molecule has 22 heavy (non-hydrogen) atoms. The molecule has 0 aromatic heterocycles. The third-order valence-electron chi connectivity index (χ3n) is 3.52. The molecular formula is C15H26O6Si. The zero-order valence-corrected chi connectivity index (χ0v) is 15.0. The molecule has 7 heteroatoms. The number of hydrogen-bond acceptors (Lipinski definition) is 6. The van der Waals surface area contributed by atoms with Crippen LogP contribution in [0, 0.1) is 0 Å². The van der Waals surface area contributed by atoms with Crippen LogP contribution in [0.4, 0.5) is 0 Å². The Kier molecular flexibility index (Phi) is 9.40. The van der Waals surface area contributed by atoms with Crippen LogP contribution in [0.15, 0.2) is 12.2 Å². The number of rotatable bonds is 9. The van der Waals surface area contributed by atoms with Gasteiger partial charge in [-0.2, -0.15) is 0 Å². The minimum Gasteiger partial charge on any atom is -0.516 e. The average Bonchev–Trinajstić information content (AvgIpc) is 2.50. The van der Waals surface area contributed by atoms with Crippen LogP contribution in [0.25, 0.3) is 0 Å². The fraction of sp³-hybridized carbons (Fsp3) is 0.667. The summed E-state index contributed by atoms with van der Waals surface area (Å²) >= 11 is 0. The largest absolute Gasteiger partial charge is 0.516 e. The van der Waals surface area contributed by atoms with Crippen molar-refractivity contribution >= 4 is 26.2 Å². The molecule has 126 valence electrons. The maximum atomic E-state index is 12.0. The maximum absolute atomic E-state index is 12.0. The van der Waals surface area contributed by atoms with E-state index in [4.69, 9.17) is 9.16 Å². The molecule has 0 radical (unpaired) electrons. The van der Waals surface area contributed by atoms with Gasteiger partial charge in [-0.25, -0.2) is 14.4 Å². The second kappa shape index (κ2) is 10.2. The van der Waals surface area contributed by atoms with Crippen molar-refractivity contribution in [1.29, 1.82) is 0 Å². The molecule has 0 aromatic rings. The van der Waals surface area contributed by atoms with Crippen LogP contribution in [0.3, 0.4) is 0 Å². The van der Waals surface area contributed by atoms with Gasteiger partial charge >= 0.3 is 17.9 Å². The summed E-state index contributed by atoms with van der Waals surface area (Å²) in [6.07, 6.45) is 0.898. The van der Waals surface area contributed by atoms with Gasteiger partial charge in [-0.05, 0) is 32.0 Å². The smallest absolute Gasteiger partial charge is 0.333 e. The number of hydrogen-bond donors (Lipinski definition) is 0. The number of carbonyl (C=O) groups excluding carboxylic acids is 3. The molecule has 0 rings (SSSR count). The summed E-state index contributed by atoms with van der Waals surface area (Å²) in [6.45, 7) is 9.35. The molecule has 0 fully saturated rings. The van der Waals surface area contributed by atoms with Crippen LogP contribution in [0.1, 0.15) is 34.6 Å². The third kappa shape index (κ3) is 6.88. The molecule has 0 bridgehead atoms. The Morgan fingerprint density at radius 1 is 0.955 bits per heavy atom. The van der Waals surface area contributed by atoms with Gasteiger partial charge in [0.2, 0.25) is 0 Å². The molecule has 0 heterocycles.